The van der Waals surface area contributed by atoms with E-state index in [4.69, 9.17) is 21.1 Å². The Hall–Kier alpha value is -2.82. The number of hydrogen-bond acceptors (Lipinski definition) is 8. The average molecular weight is 535 g/mol. The van der Waals surface area contributed by atoms with Gasteiger partial charge in [0.2, 0.25) is 5.91 Å². The molecule has 0 fully saturated rings. The SMILES string of the molecule is C=CCn1c(CCCOc2ccc(Cl)cc2C)nnc1SCC(=O)Nc1sc(C)cc1C(=O)OC. The zero-order valence-electron chi connectivity index (χ0n) is 19.8. The van der Waals surface area contributed by atoms with Gasteiger partial charge in [0.1, 0.15) is 16.6 Å². The minimum absolute atomic E-state index is 0.117. The second-order valence-corrected chi connectivity index (χ2v) is 10.2. The van der Waals surface area contributed by atoms with Gasteiger partial charge in [0, 0.05) is 22.9 Å². The van der Waals surface area contributed by atoms with E-state index >= 15 is 0 Å². The van der Waals surface area contributed by atoms with Gasteiger partial charge in [0.25, 0.3) is 0 Å². The lowest BCUT2D eigenvalue weighted by Crippen LogP contribution is -2.16. The molecule has 0 unspecified atom stereocenters. The fraction of sp³-hybridized carbons (Fsp3) is 0.333. The first-order chi connectivity index (χ1) is 16.8. The van der Waals surface area contributed by atoms with Crippen molar-refractivity contribution < 1.29 is 19.1 Å². The molecule has 0 aliphatic rings. The molecule has 0 spiro atoms. The fourth-order valence-corrected chi connectivity index (χ4v) is 5.18. The van der Waals surface area contributed by atoms with Crippen molar-refractivity contribution in [3.63, 3.8) is 0 Å². The second kappa shape index (κ2) is 12.8. The molecule has 11 heteroatoms. The van der Waals surface area contributed by atoms with E-state index in [0.29, 0.717) is 40.3 Å². The lowest BCUT2D eigenvalue weighted by molar-refractivity contribution is -0.113. The smallest absolute Gasteiger partial charge is 0.340 e. The first kappa shape index (κ1) is 26.8. The monoisotopic (exact) mass is 534 g/mol. The van der Waals surface area contributed by atoms with Crippen molar-refractivity contribution in [3.8, 4) is 5.75 Å². The van der Waals surface area contributed by atoms with Gasteiger partial charge in [-0.1, -0.05) is 29.4 Å². The van der Waals surface area contributed by atoms with Gasteiger partial charge in [-0.3, -0.25) is 4.79 Å². The predicted octanol–water partition coefficient (Wildman–Crippen LogP) is 5.32. The number of halogens is 1. The number of aromatic nitrogens is 3. The van der Waals surface area contributed by atoms with Crippen LogP contribution in [-0.2, 0) is 22.5 Å². The number of carbonyl (C=O) groups is 2. The Bertz CT molecular complexity index is 1210. The molecule has 1 amide bonds. The summed E-state index contributed by atoms with van der Waals surface area (Å²) >= 11 is 8.60. The van der Waals surface area contributed by atoms with E-state index < -0.39 is 5.97 Å². The third-order valence-corrected chi connectivity index (χ3v) is 7.06. The number of nitrogens with one attached hydrogen (secondary N) is 1. The number of rotatable bonds is 12. The van der Waals surface area contributed by atoms with Crippen LogP contribution in [0.25, 0.3) is 0 Å². The first-order valence-corrected chi connectivity index (χ1v) is 13.0. The topological polar surface area (TPSA) is 95.3 Å². The van der Waals surface area contributed by atoms with E-state index in [-0.39, 0.29) is 11.7 Å². The van der Waals surface area contributed by atoms with Gasteiger partial charge < -0.3 is 19.4 Å². The number of allylic oxidation sites excluding steroid dienone is 1. The molecule has 8 nitrogen and oxygen atoms in total. The van der Waals surface area contributed by atoms with Crippen LogP contribution < -0.4 is 10.1 Å². The van der Waals surface area contributed by atoms with Gasteiger partial charge in [-0.25, -0.2) is 4.79 Å². The Morgan fingerprint density at radius 3 is 2.80 bits per heavy atom. The van der Waals surface area contributed by atoms with Crippen molar-refractivity contribution in [2.75, 3.05) is 24.8 Å². The lowest BCUT2D eigenvalue weighted by Gasteiger charge is -2.10. The zero-order chi connectivity index (χ0) is 25.4. The molecule has 0 atom stereocenters. The number of nitrogens with zero attached hydrogens (tertiary/aromatic N) is 3. The number of anilines is 1. The lowest BCUT2D eigenvalue weighted by atomic mass is 10.2. The minimum atomic E-state index is -0.483. The van der Waals surface area contributed by atoms with Gasteiger partial charge in [-0.2, -0.15) is 0 Å². The molecule has 3 rings (SSSR count). The van der Waals surface area contributed by atoms with E-state index in [1.807, 2.05) is 30.5 Å². The van der Waals surface area contributed by atoms with Crippen LogP contribution in [0.2, 0.25) is 5.02 Å². The van der Waals surface area contributed by atoms with Crippen molar-refractivity contribution >= 4 is 51.6 Å². The number of thiophene rings is 1. The molecule has 2 aromatic heterocycles. The number of amides is 1. The third-order valence-electron chi connectivity index (χ3n) is 4.89. The van der Waals surface area contributed by atoms with Crippen molar-refractivity contribution in [1.82, 2.24) is 14.8 Å². The molecular weight excluding hydrogens is 508 g/mol. The molecule has 35 heavy (non-hydrogen) atoms. The van der Waals surface area contributed by atoms with Crippen LogP contribution in [-0.4, -0.2) is 46.1 Å². The summed E-state index contributed by atoms with van der Waals surface area (Å²) in [5.74, 6) is 0.990. The van der Waals surface area contributed by atoms with Crippen molar-refractivity contribution in [2.45, 2.75) is 38.4 Å². The van der Waals surface area contributed by atoms with Crippen LogP contribution in [0.15, 0.2) is 42.1 Å². The highest BCUT2D eigenvalue weighted by Crippen LogP contribution is 2.29. The summed E-state index contributed by atoms with van der Waals surface area (Å²) in [5.41, 5.74) is 1.34. The van der Waals surface area contributed by atoms with Gasteiger partial charge in [0.05, 0.1) is 25.0 Å². The van der Waals surface area contributed by atoms with Crippen LogP contribution in [0.3, 0.4) is 0 Å². The van der Waals surface area contributed by atoms with Crippen LogP contribution in [0, 0.1) is 13.8 Å². The van der Waals surface area contributed by atoms with Crippen LogP contribution >= 0.6 is 34.7 Å². The fourth-order valence-electron chi connectivity index (χ4n) is 3.27. The van der Waals surface area contributed by atoms with Crippen LogP contribution in [0.1, 0.15) is 33.0 Å². The molecule has 2 heterocycles. The van der Waals surface area contributed by atoms with Crippen molar-refractivity contribution in [2.24, 2.45) is 0 Å². The largest absolute Gasteiger partial charge is 0.493 e. The molecule has 1 aromatic carbocycles. The maximum Gasteiger partial charge on any atom is 0.340 e. The number of methoxy groups -OCH3 is 1. The molecule has 0 saturated heterocycles. The van der Waals surface area contributed by atoms with Gasteiger partial charge in [-0.15, -0.1) is 28.1 Å². The molecule has 0 aliphatic heterocycles. The second-order valence-electron chi connectivity index (χ2n) is 7.59. The molecule has 186 valence electrons. The van der Waals surface area contributed by atoms with E-state index in [1.54, 1.807) is 18.2 Å². The Labute approximate surface area is 217 Å². The van der Waals surface area contributed by atoms with Crippen LogP contribution in [0.4, 0.5) is 5.00 Å². The Balaban J connectivity index is 1.55. The summed E-state index contributed by atoms with van der Waals surface area (Å²) in [6.45, 7) is 8.69. The van der Waals surface area contributed by atoms with E-state index in [9.17, 15) is 9.59 Å². The molecule has 0 radical (unpaired) electrons. The van der Waals surface area contributed by atoms with Gasteiger partial charge in [0.15, 0.2) is 5.16 Å². The van der Waals surface area contributed by atoms with E-state index in [1.165, 1.54) is 30.2 Å². The standard InChI is InChI=1S/C24H27ClN4O4S2/c1-5-10-29-20(7-6-11-33-19-9-8-17(25)12-15(19)2)27-28-24(29)34-14-21(30)26-22-18(23(31)32-4)13-16(3)35-22/h5,8-9,12-13H,1,6-7,10-11,14H2,2-4H3,(H,26,30). The molecule has 3 aromatic rings. The quantitative estimate of drug-likeness (QED) is 0.145. The van der Waals surface area contributed by atoms with Crippen LogP contribution in [0.5, 0.6) is 5.75 Å². The molecule has 0 aliphatic carbocycles. The Morgan fingerprint density at radius 1 is 1.29 bits per heavy atom. The maximum atomic E-state index is 12.5. The summed E-state index contributed by atoms with van der Waals surface area (Å²) in [7, 11) is 1.31. The number of ether oxygens (including phenoxy) is 2. The number of esters is 1. The Morgan fingerprint density at radius 2 is 2.09 bits per heavy atom. The zero-order valence-corrected chi connectivity index (χ0v) is 22.2. The highest BCUT2D eigenvalue weighted by atomic mass is 35.5. The first-order valence-electron chi connectivity index (χ1n) is 10.9. The van der Waals surface area contributed by atoms with Gasteiger partial charge >= 0.3 is 5.97 Å². The predicted molar refractivity (Wildman–Crippen MR) is 140 cm³/mol. The third kappa shape index (κ3) is 7.33. The number of carbonyl (C=O) groups excluding carboxylic acids is 2. The summed E-state index contributed by atoms with van der Waals surface area (Å²) in [6.07, 6.45) is 3.18. The minimum Gasteiger partial charge on any atom is -0.493 e. The molecule has 1 N–H and O–H groups in total. The number of benzene rings is 1. The Kier molecular flexibility index (Phi) is 9.76. The average Bonchev–Trinajstić information content (AvgIpc) is 3.38. The number of aryl methyl sites for hydroxylation is 3. The normalized spacial score (nSPS) is 10.7. The summed E-state index contributed by atoms with van der Waals surface area (Å²) in [5, 5.41) is 13.1. The molecule has 0 bridgehead atoms. The van der Waals surface area contributed by atoms with Crippen molar-refractivity contribution in [3.05, 3.63) is 63.8 Å². The molecule has 0 saturated carbocycles. The van der Waals surface area contributed by atoms with Crippen molar-refractivity contribution in [1.29, 1.82) is 0 Å². The summed E-state index contributed by atoms with van der Waals surface area (Å²) in [6, 6.07) is 7.24. The number of thioether (sulfide) groups is 1. The highest BCUT2D eigenvalue weighted by molar-refractivity contribution is 7.99. The maximum absolute atomic E-state index is 12.5. The summed E-state index contributed by atoms with van der Waals surface area (Å²) in [4.78, 5) is 25.4. The van der Waals surface area contributed by atoms with E-state index in [2.05, 4.69) is 22.1 Å². The van der Waals surface area contributed by atoms with E-state index in [0.717, 1.165) is 28.4 Å². The molecular formula is C24H27ClN4O4S2. The number of hydrogen-bond donors (Lipinski definition) is 1. The highest BCUT2D eigenvalue weighted by Gasteiger charge is 2.19. The summed E-state index contributed by atoms with van der Waals surface area (Å²) < 4.78 is 12.6. The van der Waals surface area contributed by atoms with Gasteiger partial charge in [-0.05, 0) is 50.1 Å².